The van der Waals surface area contributed by atoms with Crippen LogP contribution < -0.4 is 11.3 Å². The van der Waals surface area contributed by atoms with Crippen LogP contribution in [-0.4, -0.2) is 13.2 Å². The molecule has 0 radical (unpaired) electrons. The summed E-state index contributed by atoms with van der Waals surface area (Å²) in [7, 11) is 1.73. The third kappa shape index (κ3) is 3.53. The number of nitrogens with one attached hydrogen (secondary N) is 1. The quantitative estimate of drug-likeness (QED) is 0.624. The lowest BCUT2D eigenvalue weighted by atomic mass is 9.82. The summed E-state index contributed by atoms with van der Waals surface area (Å²) in [6.07, 6.45) is 0.0225. The molecule has 0 heterocycles. The van der Waals surface area contributed by atoms with Gasteiger partial charge in [-0.1, -0.05) is 50.6 Å². The zero-order valence-electron chi connectivity index (χ0n) is 11.4. The fourth-order valence-electron chi connectivity index (χ4n) is 2.21. The van der Waals surface area contributed by atoms with Gasteiger partial charge in [-0.25, -0.2) is 0 Å². The number of aryl methyl sites for hydroxylation is 1. The number of methoxy groups -OCH3 is 1. The molecular formula is C14H24N2O. The fraction of sp³-hybridized carbons (Fsp3) is 0.571. The van der Waals surface area contributed by atoms with Crippen LogP contribution in [0.3, 0.4) is 0 Å². The van der Waals surface area contributed by atoms with Crippen LogP contribution >= 0.6 is 0 Å². The first kappa shape index (κ1) is 14.2. The predicted molar refractivity (Wildman–Crippen MR) is 71.5 cm³/mol. The monoisotopic (exact) mass is 236 g/mol. The minimum Gasteiger partial charge on any atom is -0.379 e. The lowest BCUT2D eigenvalue weighted by molar-refractivity contribution is -0.0120. The van der Waals surface area contributed by atoms with Crippen LogP contribution in [0.5, 0.6) is 0 Å². The summed E-state index contributed by atoms with van der Waals surface area (Å²) in [6.45, 7) is 8.54. The highest BCUT2D eigenvalue weighted by Gasteiger charge is 2.32. The minimum atomic E-state index is -0.0000926. The number of rotatable bonds is 4. The topological polar surface area (TPSA) is 47.3 Å². The van der Waals surface area contributed by atoms with Crippen LogP contribution in [0.1, 0.15) is 37.9 Å². The molecule has 0 aromatic heterocycles. The second-order valence-electron chi connectivity index (χ2n) is 5.58. The molecular weight excluding hydrogens is 212 g/mol. The Hall–Kier alpha value is -0.900. The fourth-order valence-corrected chi connectivity index (χ4v) is 2.21. The molecule has 1 aromatic rings. The van der Waals surface area contributed by atoms with Crippen molar-refractivity contribution in [2.45, 2.75) is 39.8 Å². The number of nitrogens with two attached hydrogens (primary N) is 1. The van der Waals surface area contributed by atoms with Gasteiger partial charge in [-0.2, -0.15) is 0 Å². The lowest BCUT2D eigenvalue weighted by Gasteiger charge is -2.36. The average molecular weight is 236 g/mol. The summed E-state index contributed by atoms with van der Waals surface area (Å²) in [5, 5.41) is 0. The number of benzene rings is 1. The molecule has 0 saturated heterocycles. The van der Waals surface area contributed by atoms with E-state index in [1.807, 2.05) is 6.07 Å². The molecule has 0 spiro atoms. The normalized spacial score (nSPS) is 15.6. The first-order valence-corrected chi connectivity index (χ1v) is 5.95. The molecule has 1 rings (SSSR count). The Balaban J connectivity index is 3.05. The zero-order chi connectivity index (χ0) is 13.1. The first-order valence-electron chi connectivity index (χ1n) is 5.95. The van der Waals surface area contributed by atoms with E-state index in [-0.39, 0.29) is 17.6 Å². The van der Waals surface area contributed by atoms with Crippen LogP contribution in [0, 0.1) is 12.3 Å². The van der Waals surface area contributed by atoms with Crippen molar-refractivity contribution in [1.82, 2.24) is 5.43 Å². The lowest BCUT2D eigenvalue weighted by Crippen LogP contribution is -2.44. The Kier molecular flexibility index (Phi) is 4.69. The molecule has 3 heteroatoms. The van der Waals surface area contributed by atoms with E-state index in [1.54, 1.807) is 7.11 Å². The van der Waals surface area contributed by atoms with E-state index >= 15 is 0 Å². The van der Waals surface area contributed by atoms with E-state index in [0.717, 1.165) is 5.56 Å². The van der Waals surface area contributed by atoms with Gasteiger partial charge in [0.05, 0.1) is 12.1 Å². The van der Waals surface area contributed by atoms with Crippen molar-refractivity contribution in [3.8, 4) is 0 Å². The Labute approximate surface area is 104 Å². The predicted octanol–water partition coefficient (Wildman–Crippen LogP) is 2.56. The van der Waals surface area contributed by atoms with E-state index < -0.39 is 0 Å². The largest absolute Gasteiger partial charge is 0.379 e. The first-order chi connectivity index (χ1) is 7.90. The standard InChI is InChI=1S/C14H24N2O/c1-10-7-6-8-11(9-10)12(16-15)13(17-5)14(2,3)4/h6-9,12-13,16H,15H2,1-5H3. The summed E-state index contributed by atoms with van der Waals surface area (Å²) >= 11 is 0. The summed E-state index contributed by atoms with van der Waals surface area (Å²) in [4.78, 5) is 0. The third-order valence-electron chi connectivity index (χ3n) is 2.99. The molecule has 0 aliphatic rings. The third-order valence-corrected chi connectivity index (χ3v) is 2.99. The van der Waals surface area contributed by atoms with E-state index in [0.29, 0.717) is 0 Å². The molecule has 0 aliphatic heterocycles. The second-order valence-corrected chi connectivity index (χ2v) is 5.58. The maximum Gasteiger partial charge on any atom is 0.0827 e. The Bertz CT molecular complexity index is 357. The van der Waals surface area contributed by atoms with Crippen molar-refractivity contribution in [1.29, 1.82) is 0 Å². The number of hydrazine groups is 1. The summed E-state index contributed by atoms with van der Waals surface area (Å²) in [5.41, 5.74) is 5.29. The minimum absolute atomic E-state index is 0.0000926. The Morgan fingerprint density at radius 2 is 1.94 bits per heavy atom. The van der Waals surface area contributed by atoms with Gasteiger partial charge in [-0.15, -0.1) is 0 Å². The van der Waals surface area contributed by atoms with Gasteiger partial charge < -0.3 is 4.74 Å². The number of hydrogen-bond acceptors (Lipinski definition) is 3. The molecule has 1 aromatic carbocycles. The molecule has 2 unspecified atom stereocenters. The zero-order valence-corrected chi connectivity index (χ0v) is 11.4. The molecule has 0 fully saturated rings. The molecule has 3 N–H and O–H groups in total. The SMILES string of the molecule is COC(C(NN)c1cccc(C)c1)C(C)(C)C. The Morgan fingerprint density at radius 3 is 2.35 bits per heavy atom. The highest BCUT2D eigenvalue weighted by atomic mass is 16.5. The summed E-state index contributed by atoms with van der Waals surface area (Å²) in [6, 6.07) is 8.35. The highest BCUT2D eigenvalue weighted by molar-refractivity contribution is 5.26. The van der Waals surface area contributed by atoms with E-state index in [1.165, 1.54) is 5.56 Å². The van der Waals surface area contributed by atoms with Crippen molar-refractivity contribution in [2.75, 3.05) is 7.11 Å². The van der Waals surface area contributed by atoms with Gasteiger partial charge in [0, 0.05) is 7.11 Å². The van der Waals surface area contributed by atoms with E-state index in [9.17, 15) is 0 Å². The van der Waals surface area contributed by atoms with Crippen molar-refractivity contribution < 1.29 is 4.74 Å². The van der Waals surface area contributed by atoms with Crippen LogP contribution in [0.15, 0.2) is 24.3 Å². The van der Waals surface area contributed by atoms with Gasteiger partial charge in [0.25, 0.3) is 0 Å². The van der Waals surface area contributed by atoms with Gasteiger partial charge in [0.1, 0.15) is 0 Å². The molecule has 2 atom stereocenters. The molecule has 0 amide bonds. The van der Waals surface area contributed by atoms with Gasteiger partial charge in [-0.3, -0.25) is 11.3 Å². The molecule has 0 aliphatic carbocycles. The van der Waals surface area contributed by atoms with Crippen LogP contribution in [0.2, 0.25) is 0 Å². The van der Waals surface area contributed by atoms with Crippen LogP contribution in [-0.2, 0) is 4.74 Å². The summed E-state index contributed by atoms with van der Waals surface area (Å²) < 4.78 is 5.62. The van der Waals surface area contributed by atoms with Gasteiger partial charge in [-0.05, 0) is 17.9 Å². The Morgan fingerprint density at radius 1 is 1.29 bits per heavy atom. The van der Waals surface area contributed by atoms with Crippen molar-refractivity contribution in [2.24, 2.45) is 11.3 Å². The summed E-state index contributed by atoms with van der Waals surface area (Å²) in [5.74, 6) is 5.70. The maximum atomic E-state index is 5.70. The number of ether oxygens (including phenoxy) is 1. The molecule has 0 bridgehead atoms. The van der Waals surface area contributed by atoms with Crippen LogP contribution in [0.25, 0.3) is 0 Å². The maximum absolute atomic E-state index is 5.70. The van der Waals surface area contributed by atoms with Crippen molar-refractivity contribution in [3.05, 3.63) is 35.4 Å². The second kappa shape index (κ2) is 5.63. The van der Waals surface area contributed by atoms with E-state index in [4.69, 9.17) is 10.6 Å². The average Bonchev–Trinajstić information content (AvgIpc) is 2.23. The van der Waals surface area contributed by atoms with Gasteiger partial charge in [0.2, 0.25) is 0 Å². The number of hydrogen-bond donors (Lipinski definition) is 2. The molecule has 0 saturated carbocycles. The van der Waals surface area contributed by atoms with Crippen molar-refractivity contribution >= 4 is 0 Å². The highest BCUT2D eigenvalue weighted by Crippen LogP contribution is 2.32. The van der Waals surface area contributed by atoms with E-state index in [2.05, 4.69) is 51.3 Å². The molecule has 17 heavy (non-hydrogen) atoms. The smallest absolute Gasteiger partial charge is 0.0827 e. The van der Waals surface area contributed by atoms with Gasteiger partial charge in [0.15, 0.2) is 0 Å². The van der Waals surface area contributed by atoms with Crippen molar-refractivity contribution in [3.63, 3.8) is 0 Å². The van der Waals surface area contributed by atoms with Gasteiger partial charge >= 0.3 is 0 Å². The van der Waals surface area contributed by atoms with Crippen LogP contribution in [0.4, 0.5) is 0 Å². The molecule has 3 nitrogen and oxygen atoms in total. The molecule has 96 valence electrons.